The molecule has 6 atom stereocenters. The minimum Gasteiger partial charge on any atom is -0.458 e. The Hall–Kier alpha value is -1.97. The Morgan fingerprint density at radius 2 is 1.83 bits per heavy atom. The van der Waals surface area contributed by atoms with Gasteiger partial charge in [-0.3, -0.25) is 4.79 Å². The van der Waals surface area contributed by atoms with Gasteiger partial charge in [0.1, 0.15) is 11.9 Å². The molecule has 0 aliphatic heterocycles. The van der Waals surface area contributed by atoms with Gasteiger partial charge in [0.05, 0.1) is 5.56 Å². The Balaban J connectivity index is 1.37. The van der Waals surface area contributed by atoms with E-state index in [1.165, 1.54) is 17.7 Å². The minimum absolute atomic E-state index is 0.0325. The third-order valence-electron chi connectivity index (χ3n) is 9.22. The number of ether oxygens (including phenoxy) is 1. The fraction of sp³-hybridized carbons (Fsp3) is 0.615. The number of carbonyl (C=O) groups is 2. The molecular weight excluding hydrogens is 379 g/mol. The molecule has 0 aromatic heterocycles. The topological polar surface area (TPSA) is 43.4 Å². The van der Waals surface area contributed by atoms with E-state index in [1.54, 1.807) is 12.1 Å². The Bertz CT molecular complexity index is 921. The lowest BCUT2D eigenvalue weighted by atomic mass is 9.47. The molecule has 0 N–H and O–H groups in total. The number of allylic oxidation sites excluding steroid dienone is 1. The van der Waals surface area contributed by atoms with E-state index in [9.17, 15) is 14.0 Å². The van der Waals surface area contributed by atoms with Crippen LogP contribution in [-0.2, 0) is 9.53 Å². The zero-order chi connectivity index (χ0) is 21.1. The smallest absolute Gasteiger partial charge is 0.341 e. The van der Waals surface area contributed by atoms with Crippen LogP contribution in [-0.4, -0.2) is 17.9 Å². The maximum atomic E-state index is 14.1. The molecular formula is C26H31FO3. The van der Waals surface area contributed by atoms with Gasteiger partial charge in [0, 0.05) is 11.8 Å². The van der Waals surface area contributed by atoms with E-state index >= 15 is 0 Å². The van der Waals surface area contributed by atoms with Crippen LogP contribution in [0.3, 0.4) is 0 Å². The summed E-state index contributed by atoms with van der Waals surface area (Å²) in [6.45, 7) is 4.67. The number of fused-ring (bicyclic) bond motifs is 5. The average molecular weight is 411 g/mol. The Morgan fingerprint density at radius 3 is 2.63 bits per heavy atom. The number of hydrogen-bond donors (Lipinski definition) is 0. The van der Waals surface area contributed by atoms with Crippen molar-refractivity contribution in [2.45, 2.75) is 71.3 Å². The lowest BCUT2D eigenvalue weighted by Gasteiger charge is -2.57. The van der Waals surface area contributed by atoms with Crippen molar-refractivity contribution in [3.63, 3.8) is 0 Å². The fourth-order valence-corrected chi connectivity index (χ4v) is 7.52. The van der Waals surface area contributed by atoms with Crippen LogP contribution in [0, 0.1) is 34.4 Å². The summed E-state index contributed by atoms with van der Waals surface area (Å²) in [6, 6.07) is 6.07. The summed E-state index contributed by atoms with van der Waals surface area (Å²) in [5.41, 5.74) is 1.53. The highest BCUT2D eigenvalue weighted by Gasteiger charge is 2.60. The molecule has 3 nitrogen and oxygen atoms in total. The molecule has 1 aromatic rings. The number of rotatable bonds is 2. The Morgan fingerprint density at radius 1 is 1.03 bits per heavy atom. The van der Waals surface area contributed by atoms with Gasteiger partial charge < -0.3 is 4.74 Å². The minimum atomic E-state index is -0.534. The van der Waals surface area contributed by atoms with E-state index in [1.807, 2.05) is 6.08 Å². The van der Waals surface area contributed by atoms with Crippen LogP contribution in [0.4, 0.5) is 4.39 Å². The molecule has 0 spiro atoms. The summed E-state index contributed by atoms with van der Waals surface area (Å²) in [6.07, 6.45) is 9.70. The van der Waals surface area contributed by atoms with Gasteiger partial charge in [0.15, 0.2) is 5.78 Å². The molecule has 3 saturated carbocycles. The molecule has 30 heavy (non-hydrogen) atoms. The summed E-state index contributed by atoms with van der Waals surface area (Å²) in [4.78, 5) is 24.7. The summed E-state index contributed by atoms with van der Waals surface area (Å²) in [7, 11) is 0. The van der Waals surface area contributed by atoms with Crippen LogP contribution >= 0.6 is 0 Å². The largest absolute Gasteiger partial charge is 0.458 e. The van der Waals surface area contributed by atoms with Crippen molar-refractivity contribution in [1.82, 2.24) is 0 Å². The standard InChI is InChI=1S/C26H31FO3/c1-25-13-11-17(28)15-16(25)7-8-18-20-9-10-23(26(20,2)14-12-21(18)25)30-24(29)19-5-3-4-6-22(19)27/h3-6,15,18,20-21,23H,7-14H2,1-2H3/t18-,20-,21-,23-,25-,26-/m0/s1. The average Bonchev–Trinajstić information content (AvgIpc) is 3.05. The highest BCUT2D eigenvalue weighted by atomic mass is 19.1. The molecule has 1 aromatic carbocycles. The SMILES string of the molecule is C[C@]12CC[C@H]3[C@@H](CCC4=CC(=O)CC[C@@]43C)[C@@H]1CC[C@@H]2OC(=O)c1ccccc1F. The number of ketones is 1. The number of hydrogen-bond acceptors (Lipinski definition) is 3. The van der Waals surface area contributed by atoms with Crippen molar-refractivity contribution in [3.8, 4) is 0 Å². The monoisotopic (exact) mass is 410 g/mol. The van der Waals surface area contributed by atoms with E-state index in [0.717, 1.165) is 44.9 Å². The van der Waals surface area contributed by atoms with Crippen LogP contribution in [0.2, 0.25) is 0 Å². The lowest BCUT2D eigenvalue weighted by Crippen LogP contribution is -2.51. The summed E-state index contributed by atoms with van der Waals surface area (Å²) < 4.78 is 20.0. The van der Waals surface area contributed by atoms with E-state index in [4.69, 9.17) is 4.74 Å². The van der Waals surface area contributed by atoms with Crippen molar-refractivity contribution < 1.29 is 18.7 Å². The predicted molar refractivity (Wildman–Crippen MR) is 112 cm³/mol. The number of benzene rings is 1. The second-order valence-corrected chi connectivity index (χ2v) is 10.5. The first-order valence-corrected chi connectivity index (χ1v) is 11.5. The van der Waals surface area contributed by atoms with Crippen molar-refractivity contribution in [2.24, 2.45) is 28.6 Å². The molecule has 4 aliphatic rings. The molecule has 3 fully saturated rings. The van der Waals surface area contributed by atoms with E-state index < -0.39 is 11.8 Å². The van der Waals surface area contributed by atoms with E-state index in [-0.39, 0.29) is 22.5 Å². The first kappa shape index (κ1) is 20.0. The van der Waals surface area contributed by atoms with Gasteiger partial charge in [-0.2, -0.15) is 0 Å². The van der Waals surface area contributed by atoms with Crippen molar-refractivity contribution in [1.29, 1.82) is 0 Å². The van der Waals surface area contributed by atoms with Crippen LogP contribution in [0.25, 0.3) is 0 Å². The highest BCUT2D eigenvalue weighted by Crippen LogP contribution is 2.65. The molecule has 0 unspecified atom stereocenters. The van der Waals surface area contributed by atoms with Crippen molar-refractivity contribution in [3.05, 3.63) is 47.3 Å². The third-order valence-corrected chi connectivity index (χ3v) is 9.22. The van der Waals surface area contributed by atoms with Crippen LogP contribution in [0.1, 0.15) is 75.6 Å². The maximum absolute atomic E-state index is 14.1. The third kappa shape index (κ3) is 2.90. The van der Waals surface area contributed by atoms with Crippen LogP contribution < -0.4 is 0 Å². The Kier molecular flexibility index (Phi) is 4.68. The van der Waals surface area contributed by atoms with Gasteiger partial charge in [-0.15, -0.1) is 0 Å². The van der Waals surface area contributed by atoms with Gasteiger partial charge in [-0.25, -0.2) is 9.18 Å². The molecule has 0 radical (unpaired) electrons. The van der Waals surface area contributed by atoms with Gasteiger partial charge in [-0.1, -0.05) is 31.6 Å². The Labute approximate surface area is 178 Å². The molecule has 160 valence electrons. The highest BCUT2D eigenvalue weighted by molar-refractivity contribution is 5.91. The number of carbonyl (C=O) groups excluding carboxylic acids is 2. The normalized spacial score (nSPS) is 40.1. The fourth-order valence-electron chi connectivity index (χ4n) is 7.52. The first-order chi connectivity index (χ1) is 14.3. The summed E-state index contributed by atoms with van der Waals surface area (Å²) in [5, 5.41) is 0. The quantitative estimate of drug-likeness (QED) is 0.572. The van der Waals surface area contributed by atoms with Crippen molar-refractivity contribution in [2.75, 3.05) is 0 Å². The zero-order valence-electron chi connectivity index (χ0n) is 18.0. The van der Waals surface area contributed by atoms with Gasteiger partial charge in [0.25, 0.3) is 0 Å². The zero-order valence-corrected chi connectivity index (χ0v) is 18.0. The summed E-state index contributed by atoms with van der Waals surface area (Å²) >= 11 is 0. The number of esters is 1. The lowest BCUT2D eigenvalue weighted by molar-refractivity contribution is -0.118. The molecule has 0 amide bonds. The molecule has 0 heterocycles. The first-order valence-electron chi connectivity index (χ1n) is 11.5. The second-order valence-electron chi connectivity index (χ2n) is 10.5. The maximum Gasteiger partial charge on any atom is 0.341 e. The summed E-state index contributed by atoms with van der Waals surface area (Å²) in [5.74, 6) is 1.01. The van der Waals surface area contributed by atoms with Gasteiger partial charge in [0.2, 0.25) is 0 Å². The number of halogens is 1. The van der Waals surface area contributed by atoms with Gasteiger partial charge in [-0.05, 0) is 86.3 Å². The van der Waals surface area contributed by atoms with Crippen LogP contribution in [0.15, 0.2) is 35.9 Å². The second kappa shape index (κ2) is 7.03. The molecule has 4 aliphatic carbocycles. The molecule has 0 saturated heterocycles. The predicted octanol–water partition coefficient (Wildman–Crippen LogP) is 5.88. The molecule has 4 heteroatoms. The molecule has 5 rings (SSSR count). The van der Waals surface area contributed by atoms with Crippen LogP contribution in [0.5, 0.6) is 0 Å². The van der Waals surface area contributed by atoms with Crippen molar-refractivity contribution >= 4 is 11.8 Å². The van der Waals surface area contributed by atoms with E-state index in [2.05, 4.69) is 13.8 Å². The van der Waals surface area contributed by atoms with E-state index in [0.29, 0.717) is 30.0 Å². The van der Waals surface area contributed by atoms with Gasteiger partial charge >= 0.3 is 5.97 Å². The molecule has 0 bridgehead atoms.